The third kappa shape index (κ3) is 3.76. The third-order valence-corrected chi connectivity index (χ3v) is 4.33. The molecule has 0 radical (unpaired) electrons. The number of rotatable bonds is 4. The van der Waals surface area contributed by atoms with Crippen molar-refractivity contribution in [3.05, 3.63) is 52.5 Å². The zero-order valence-corrected chi connectivity index (χ0v) is 15.4. The molecule has 0 fully saturated rings. The van der Waals surface area contributed by atoms with Crippen LogP contribution in [-0.4, -0.2) is 25.2 Å². The second-order valence-corrected chi connectivity index (χ2v) is 6.71. The molecule has 26 heavy (non-hydrogen) atoms. The van der Waals surface area contributed by atoms with Gasteiger partial charge in [0.25, 0.3) is 0 Å². The minimum Gasteiger partial charge on any atom is -0.486 e. The van der Waals surface area contributed by atoms with E-state index in [2.05, 4.69) is 6.07 Å². The molecule has 134 valence electrons. The van der Waals surface area contributed by atoms with E-state index in [0.717, 1.165) is 5.56 Å². The molecule has 0 atom stereocenters. The number of benzene rings is 2. The van der Waals surface area contributed by atoms with Crippen LogP contribution in [0.15, 0.2) is 36.4 Å². The summed E-state index contributed by atoms with van der Waals surface area (Å²) in [6.45, 7) is 4.79. The Morgan fingerprint density at radius 1 is 1.27 bits per heavy atom. The molecule has 2 aromatic rings. The van der Waals surface area contributed by atoms with E-state index in [4.69, 9.17) is 26.3 Å². The lowest BCUT2D eigenvalue weighted by Gasteiger charge is -2.27. The number of fused-ring (bicyclic) bond motifs is 1. The number of nitrogens with zero attached hydrogens (tertiary/aromatic N) is 2. The Bertz CT molecular complexity index is 874. The molecule has 0 bridgehead atoms. The van der Waals surface area contributed by atoms with Gasteiger partial charge in [0.05, 0.1) is 23.1 Å². The number of hydrogen-bond donors (Lipinski definition) is 0. The summed E-state index contributed by atoms with van der Waals surface area (Å²) >= 11 is 6.26. The van der Waals surface area contributed by atoms with Crippen molar-refractivity contribution in [2.45, 2.75) is 26.3 Å². The Kier molecular flexibility index (Phi) is 5.34. The number of nitriles is 1. The van der Waals surface area contributed by atoms with Gasteiger partial charge in [-0.3, -0.25) is 4.79 Å². The molecule has 0 saturated carbocycles. The summed E-state index contributed by atoms with van der Waals surface area (Å²) in [5.41, 5.74) is 1.97. The van der Waals surface area contributed by atoms with Gasteiger partial charge in [-0.1, -0.05) is 17.7 Å². The van der Waals surface area contributed by atoms with E-state index in [1.165, 1.54) is 0 Å². The van der Waals surface area contributed by atoms with E-state index in [0.29, 0.717) is 41.0 Å². The quantitative estimate of drug-likeness (QED) is 0.817. The average Bonchev–Trinajstić information content (AvgIpc) is 2.61. The van der Waals surface area contributed by atoms with E-state index in [-0.39, 0.29) is 18.4 Å². The van der Waals surface area contributed by atoms with Gasteiger partial charge in [0.2, 0.25) is 5.91 Å². The van der Waals surface area contributed by atoms with Gasteiger partial charge in [0, 0.05) is 11.7 Å². The molecule has 1 aliphatic heterocycles. The molecule has 1 amide bonds. The first-order chi connectivity index (χ1) is 12.5. The first-order valence-corrected chi connectivity index (χ1v) is 8.77. The number of amides is 1. The summed E-state index contributed by atoms with van der Waals surface area (Å²) in [7, 11) is 0. The highest BCUT2D eigenvalue weighted by Crippen LogP contribution is 2.38. The number of anilines is 1. The molecule has 6 heteroatoms. The normalized spacial score (nSPS) is 12.6. The van der Waals surface area contributed by atoms with Crippen molar-refractivity contribution in [3.63, 3.8) is 0 Å². The largest absolute Gasteiger partial charge is 0.486 e. The standard InChI is InChI=1S/C20H19ClN2O3/c1-13(2)23(16-5-3-4-14(8-16)12-22)19(24)11-15-9-17(21)20-18(10-15)25-6-7-26-20/h3-5,8-10,13H,6-7,11H2,1-2H3. The topological polar surface area (TPSA) is 62.6 Å². The number of carbonyl (C=O) groups is 1. The number of ether oxygens (including phenoxy) is 2. The maximum atomic E-state index is 13.0. The summed E-state index contributed by atoms with van der Waals surface area (Å²) in [5.74, 6) is 1.01. The Morgan fingerprint density at radius 3 is 2.77 bits per heavy atom. The van der Waals surface area contributed by atoms with Crippen molar-refractivity contribution < 1.29 is 14.3 Å². The Hall–Kier alpha value is -2.71. The van der Waals surface area contributed by atoms with Crippen LogP contribution in [0.3, 0.4) is 0 Å². The second kappa shape index (κ2) is 7.67. The first kappa shape index (κ1) is 18.1. The molecule has 1 aliphatic rings. The summed E-state index contributed by atoms with van der Waals surface area (Å²) in [6.07, 6.45) is 0.172. The van der Waals surface area contributed by atoms with E-state index >= 15 is 0 Å². The van der Waals surface area contributed by atoms with Gasteiger partial charge in [0.15, 0.2) is 11.5 Å². The fraction of sp³-hybridized carbons (Fsp3) is 0.300. The average molecular weight is 371 g/mol. The Balaban J connectivity index is 1.87. The fourth-order valence-corrected chi connectivity index (χ4v) is 3.27. The van der Waals surface area contributed by atoms with Gasteiger partial charge in [-0.15, -0.1) is 0 Å². The zero-order chi connectivity index (χ0) is 18.7. The third-order valence-electron chi connectivity index (χ3n) is 4.05. The molecular weight excluding hydrogens is 352 g/mol. The van der Waals surface area contributed by atoms with Gasteiger partial charge in [-0.05, 0) is 49.7 Å². The van der Waals surface area contributed by atoms with Crippen molar-refractivity contribution in [3.8, 4) is 17.6 Å². The van der Waals surface area contributed by atoms with Crippen molar-refractivity contribution in [1.82, 2.24) is 0 Å². The molecule has 1 heterocycles. The second-order valence-electron chi connectivity index (χ2n) is 6.30. The Morgan fingerprint density at radius 2 is 2.04 bits per heavy atom. The molecule has 0 unspecified atom stereocenters. The molecular formula is C20H19ClN2O3. The molecule has 0 saturated heterocycles. The van der Waals surface area contributed by atoms with Crippen LogP contribution in [0.25, 0.3) is 0 Å². The number of hydrogen-bond acceptors (Lipinski definition) is 4. The van der Waals surface area contributed by atoms with Crippen molar-refractivity contribution in [2.75, 3.05) is 18.1 Å². The summed E-state index contributed by atoms with van der Waals surface area (Å²) in [4.78, 5) is 14.6. The van der Waals surface area contributed by atoms with Crippen LogP contribution in [-0.2, 0) is 11.2 Å². The monoisotopic (exact) mass is 370 g/mol. The van der Waals surface area contributed by atoms with Gasteiger partial charge in [0.1, 0.15) is 13.2 Å². The predicted molar refractivity (Wildman–Crippen MR) is 99.9 cm³/mol. The molecule has 2 aromatic carbocycles. The van der Waals surface area contributed by atoms with Crippen LogP contribution in [0.4, 0.5) is 5.69 Å². The van der Waals surface area contributed by atoms with Gasteiger partial charge in [-0.25, -0.2) is 0 Å². The lowest BCUT2D eigenvalue weighted by atomic mass is 10.1. The van der Waals surface area contributed by atoms with Crippen LogP contribution in [0.2, 0.25) is 5.02 Å². The smallest absolute Gasteiger partial charge is 0.231 e. The number of halogens is 1. The van der Waals surface area contributed by atoms with E-state index in [9.17, 15) is 4.79 Å². The molecule has 5 nitrogen and oxygen atoms in total. The number of carbonyl (C=O) groups excluding carboxylic acids is 1. The van der Waals surface area contributed by atoms with Crippen LogP contribution < -0.4 is 14.4 Å². The highest BCUT2D eigenvalue weighted by Gasteiger charge is 2.22. The van der Waals surface area contributed by atoms with E-state index in [1.807, 2.05) is 19.9 Å². The summed E-state index contributed by atoms with van der Waals surface area (Å²) in [6, 6.07) is 12.6. The van der Waals surface area contributed by atoms with E-state index in [1.54, 1.807) is 35.2 Å². The fourth-order valence-electron chi connectivity index (χ4n) is 2.98. The molecule has 0 aromatic heterocycles. The molecule has 0 spiro atoms. The van der Waals surface area contributed by atoms with Crippen LogP contribution in [0, 0.1) is 11.3 Å². The highest BCUT2D eigenvalue weighted by molar-refractivity contribution is 6.32. The van der Waals surface area contributed by atoms with Gasteiger partial charge < -0.3 is 14.4 Å². The lowest BCUT2D eigenvalue weighted by molar-refractivity contribution is -0.118. The van der Waals surface area contributed by atoms with Crippen LogP contribution >= 0.6 is 11.6 Å². The van der Waals surface area contributed by atoms with Crippen LogP contribution in [0.1, 0.15) is 25.0 Å². The van der Waals surface area contributed by atoms with E-state index < -0.39 is 0 Å². The molecule has 3 rings (SSSR count). The maximum Gasteiger partial charge on any atom is 0.231 e. The SMILES string of the molecule is CC(C)N(C(=O)Cc1cc(Cl)c2c(c1)OCCO2)c1cccc(C#N)c1. The van der Waals surface area contributed by atoms with Crippen LogP contribution in [0.5, 0.6) is 11.5 Å². The Labute approximate surface area is 157 Å². The highest BCUT2D eigenvalue weighted by atomic mass is 35.5. The summed E-state index contributed by atoms with van der Waals surface area (Å²) < 4.78 is 11.1. The molecule has 0 N–H and O–H groups in total. The lowest BCUT2D eigenvalue weighted by Crippen LogP contribution is -2.38. The zero-order valence-electron chi connectivity index (χ0n) is 14.7. The van der Waals surface area contributed by atoms with Crippen molar-refractivity contribution in [2.24, 2.45) is 0 Å². The van der Waals surface area contributed by atoms with Gasteiger partial charge >= 0.3 is 0 Å². The van der Waals surface area contributed by atoms with Gasteiger partial charge in [-0.2, -0.15) is 5.26 Å². The summed E-state index contributed by atoms with van der Waals surface area (Å²) in [5, 5.41) is 9.54. The minimum atomic E-state index is -0.0807. The maximum absolute atomic E-state index is 13.0. The van der Waals surface area contributed by atoms with Crippen molar-refractivity contribution >= 4 is 23.2 Å². The van der Waals surface area contributed by atoms with Crippen molar-refractivity contribution in [1.29, 1.82) is 5.26 Å². The minimum absolute atomic E-state index is 0.0517. The predicted octanol–water partition coefficient (Wildman–Crippen LogP) is 3.97. The first-order valence-electron chi connectivity index (χ1n) is 8.40. The molecule has 0 aliphatic carbocycles.